The average Bonchev–Trinajstić information content (AvgIpc) is 2.66. The van der Waals surface area contributed by atoms with E-state index in [9.17, 15) is 9.90 Å². The number of para-hydroxylation sites is 1. The van der Waals surface area contributed by atoms with Crippen molar-refractivity contribution in [2.45, 2.75) is 23.8 Å². The summed E-state index contributed by atoms with van der Waals surface area (Å²) in [6.45, 7) is 1.82. The van der Waals surface area contributed by atoms with Crippen LogP contribution in [0.4, 0.5) is 11.5 Å². The molecule has 0 amide bonds. The summed E-state index contributed by atoms with van der Waals surface area (Å²) in [7, 11) is 0. The largest absolute Gasteiger partial charge is 0.480 e. The Kier molecular flexibility index (Phi) is 5.34. The van der Waals surface area contributed by atoms with Crippen molar-refractivity contribution >= 4 is 40.1 Å². The predicted molar refractivity (Wildman–Crippen MR) is 102 cm³/mol. The van der Waals surface area contributed by atoms with Gasteiger partial charge in [0.2, 0.25) is 0 Å². The van der Waals surface area contributed by atoms with E-state index in [0.29, 0.717) is 23.0 Å². The fourth-order valence-corrected chi connectivity index (χ4v) is 3.22. The Morgan fingerprint density at radius 3 is 2.62 bits per heavy atom. The molecule has 0 aliphatic rings. The van der Waals surface area contributed by atoms with Crippen LogP contribution in [0.1, 0.15) is 18.9 Å². The molecule has 26 heavy (non-hydrogen) atoms. The Morgan fingerprint density at radius 1 is 1.23 bits per heavy atom. The molecule has 6 nitrogen and oxygen atoms in total. The van der Waals surface area contributed by atoms with Gasteiger partial charge in [-0.15, -0.1) is 0 Å². The topological polar surface area (TPSA) is 98.9 Å². The number of nitrogens with zero attached hydrogens (tertiary/aromatic N) is 3. The van der Waals surface area contributed by atoms with E-state index < -0.39 is 11.2 Å². The number of aliphatic carboxylic acids is 1. The lowest BCUT2D eigenvalue weighted by Crippen LogP contribution is -2.15. The molecule has 1 atom stereocenters. The molecule has 3 aromatic rings. The van der Waals surface area contributed by atoms with Gasteiger partial charge in [0.1, 0.15) is 11.1 Å². The number of aromatic nitrogens is 2. The van der Waals surface area contributed by atoms with Gasteiger partial charge in [0.25, 0.3) is 0 Å². The summed E-state index contributed by atoms with van der Waals surface area (Å²) in [4.78, 5) is 20.3. The van der Waals surface area contributed by atoms with Crippen LogP contribution in [0.5, 0.6) is 0 Å². The quantitative estimate of drug-likeness (QED) is 0.499. The summed E-state index contributed by atoms with van der Waals surface area (Å²) in [5.74, 6) is -0.279. The Hall–Kier alpha value is -3.11. The third-order valence-electron chi connectivity index (χ3n) is 3.75. The van der Waals surface area contributed by atoms with E-state index in [1.807, 2.05) is 31.2 Å². The fourth-order valence-electron chi connectivity index (χ4n) is 2.40. The number of nitrogens with one attached hydrogen (secondary N) is 1. The first-order valence-electron chi connectivity index (χ1n) is 8.04. The Balaban J connectivity index is 1.99. The third kappa shape index (κ3) is 3.92. The van der Waals surface area contributed by atoms with Gasteiger partial charge in [-0.3, -0.25) is 4.79 Å². The molecule has 3 rings (SSSR count). The zero-order chi connectivity index (χ0) is 18.5. The van der Waals surface area contributed by atoms with E-state index in [1.54, 1.807) is 24.3 Å². The maximum Gasteiger partial charge on any atom is 0.317 e. The molecule has 0 aliphatic carbocycles. The van der Waals surface area contributed by atoms with Crippen molar-refractivity contribution in [1.82, 2.24) is 9.97 Å². The molecule has 1 heterocycles. The lowest BCUT2D eigenvalue weighted by molar-refractivity contribution is -0.136. The molecule has 0 saturated carbocycles. The van der Waals surface area contributed by atoms with Crippen LogP contribution in [0.2, 0.25) is 0 Å². The highest BCUT2D eigenvalue weighted by atomic mass is 32.2. The number of fused-ring (bicyclic) bond motifs is 1. The first kappa shape index (κ1) is 17.7. The number of carboxylic acid groups (broad SMARTS) is 1. The molecule has 0 bridgehead atoms. The van der Waals surface area contributed by atoms with E-state index in [-0.39, 0.29) is 0 Å². The number of carboxylic acids is 1. The molecule has 1 aromatic heterocycles. The number of rotatable bonds is 6. The zero-order valence-electron chi connectivity index (χ0n) is 14.0. The summed E-state index contributed by atoms with van der Waals surface area (Å²) < 4.78 is 0. The van der Waals surface area contributed by atoms with E-state index in [1.165, 1.54) is 0 Å². The highest BCUT2D eigenvalue weighted by Gasteiger charge is 2.19. The van der Waals surface area contributed by atoms with E-state index in [2.05, 4.69) is 21.4 Å². The highest BCUT2D eigenvalue weighted by molar-refractivity contribution is 8.00. The number of hydrogen-bond acceptors (Lipinski definition) is 6. The maximum atomic E-state index is 11.3. The number of hydrogen-bond donors (Lipinski definition) is 2. The third-order valence-corrected chi connectivity index (χ3v) is 4.97. The second kappa shape index (κ2) is 7.85. The van der Waals surface area contributed by atoms with Gasteiger partial charge < -0.3 is 10.4 Å². The second-order valence-electron chi connectivity index (χ2n) is 5.54. The van der Waals surface area contributed by atoms with Crippen LogP contribution in [-0.4, -0.2) is 26.3 Å². The molecule has 0 spiro atoms. The van der Waals surface area contributed by atoms with Crippen molar-refractivity contribution in [2.75, 3.05) is 5.32 Å². The van der Waals surface area contributed by atoms with Gasteiger partial charge in [0, 0.05) is 11.1 Å². The Morgan fingerprint density at radius 2 is 1.96 bits per heavy atom. The van der Waals surface area contributed by atoms with Crippen molar-refractivity contribution in [3.8, 4) is 6.07 Å². The lowest BCUT2D eigenvalue weighted by atomic mass is 10.2. The molecule has 0 fully saturated rings. The molecule has 1 unspecified atom stereocenters. The fraction of sp³-hybridized carbons (Fsp3) is 0.158. The van der Waals surface area contributed by atoms with Crippen molar-refractivity contribution in [1.29, 1.82) is 5.26 Å². The molecule has 0 saturated heterocycles. The maximum absolute atomic E-state index is 11.3. The molecule has 0 radical (unpaired) electrons. The summed E-state index contributed by atoms with van der Waals surface area (Å²) >= 11 is 1.14. The van der Waals surface area contributed by atoms with Gasteiger partial charge in [-0.2, -0.15) is 5.26 Å². The number of anilines is 2. The standard InChI is InChI=1S/C19H16N4O2S/c1-2-16(18(24)25)26-19-22-15-6-4-3-5-14(15)17(23-19)21-13-9-7-12(11-20)8-10-13/h3-10,16H,2H2,1H3,(H,24,25)(H,21,22,23). The predicted octanol–water partition coefficient (Wildman–Crippen LogP) is 4.20. The van der Waals surface area contributed by atoms with Crippen LogP contribution in [0.3, 0.4) is 0 Å². The van der Waals surface area contributed by atoms with Crippen LogP contribution in [0, 0.1) is 11.3 Å². The van der Waals surface area contributed by atoms with Crippen molar-refractivity contribution in [3.63, 3.8) is 0 Å². The molecular formula is C19H16N4O2S. The van der Waals surface area contributed by atoms with Crippen LogP contribution >= 0.6 is 11.8 Å². The van der Waals surface area contributed by atoms with Crippen LogP contribution < -0.4 is 5.32 Å². The molecule has 130 valence electrons. The minimum absolute atomic E-state index is 0.411. The Bertz CT molecular complexity index is 983. The van der Waals surface area contributed by atoms with Crippen LogP contribution in [-0.2, 0) is 4.79 Å². The highest BCUT2D eigenvalue weighted by Crippen LogP contribution is 2.29. The monoisotopic (exact) mass is 364 g/mol. The molecule has 0 aliphatic heterocycles. The number of thioether (sulfide) groups is 1. The summed E-state index contributed by atoms with van der Waals surface area (Å²) in [6, 6.07) is 16.7. The molecular weight excluding hydrogens is 348 g/mol. The van der Waals surface area contributed by atoms with Gasteiger partial charge >= 0.3 is 5.97 Å². The Labute approximate surface area is 154 Å². The van der Waals surface area contributed by atoms with E-state index in [0.717, 1.165) is 28.4 Å². The number of carbonyl (C=O) groups is 1. The number of nitriles is 1. The first-order valence-corrected chi connectivity index (χ1v) is 8.92. The van der Waals surface area contributed by atoms with Crippen molar-refractivity contribution < 1.29 is 9.90 Å². The van der Waals surface area contributed by atoms with Gasteiger partial charge in [-0.25, -0.2) is 9.97 Å². The van der Waals surface area contributed by atoms with Gasteiger partial charge in [-0.1, -0.05) is 30.8 Å². The molecule has 2 aromatic carbocycles. The van der Waals surface area contributed by atoms with Crippen molar-refractivity contribution in [3.05, 3.63) is 54.1 Å². The molecule has 7 heteroatoms. The van der Waals surface area contributed by atoms with Gasteiger partial charge in [0.05, 0.1) is 17.1 Å². The molecule has 2 N–H and O–H groups in total. The van der Waals surface area contributed by atoms with Crippen molar-refractivity contribution in [2.24, 2.45) is 0 Å². The summed E-state index contributed by atoms with van der Waals surface area (Å²) in [6.07, 6.45) is 0.481. The minimum Gasteiger partial charge on any atom is -0.480 e. The number of benzene rings is 2. The van der Waals surface area contributed by atoms with Crippen LogP contribution in [0.25, 0.3) is 10.9 Å². The van der Waals surface area contributed by atoms with Gasteiger partial charge in [-0.05, 0) is 42.8 Å². The smallest absolute Gasteiger partial charge is 0.317 e. The summed E-state index contributed by atoms with van der Waals surface area (Å²) in [5.41, 5.74) is 2.10. The SMILES string of the molecule is CCC(Sc1nc(Nc2ccc(C#N)cc2)c2ccccc2n1)C(=O)O. The average molecular weight is 364 g/mol. The lowest BCUT2D eigenvalue weighted by Gasteiger charge is -2.12. The van der Waals surface area contributed by atoms with E-state index in [4.69, 9.17) is 5.26 Å². The van der Waals surface area contributed by atoms with Crippen LogP contribution in [0.15, 0.2) is 53.7 Å². The zero-order valence-corrected chi connectivity index (χ0v) is 14.8. The second-order valence-corrected chi connectivity index (χ2v) is 6.71. The minimum atomic E-state index is -0.879. The van der Waals surface area contributed by atoms with Gasteiger partial charge in [0.15, 0.2) is 5.16 Å². The normalized spacial score (nSPS) is 11.7. The first-order chi connectivity index (χ1) is 12.6. The van der Waals surface area contributed by atoms with E-state index >= 15 is 0 Å². The summed E-state index contributed by atoms with van der Waals surface area (Å²) in [5, 5.41) is 22.1.